The molecule has 1 fully saturated rings. The Morgan fingerprint density at radius 1 is 1.00 bits per heavy atom. The number of carboxylic acid groups (broad SMARTS) is 1. The number of aliphatic hydroxyl groups is 1. The molecule has 1 aliphatic rings. The molecule has 0 aliphatic heterocycles. The van der Waals surface area contributed by atoms with Gasteiger partial charge in [-0.2, -0.15) is 0 Å². The Labute approximate surface area is 190 Å². The topological polar surface area (TPSA) is 57.5 Å². The van der Waals surface area contributed by atoms with E-state index in [0.717, 1.165) is 50.9 Å². The minimum atomic E-state index is -0.867. The molecule has 3 atom stereocenters. The first-order chi connectivity index (χ1) is 15.1. The fraction of sp³-hybridized carbons (Fsp3) is 0.679. The molecule has 1 aromatic carbocycles. The molecule has 3 nitrogen and oxygen atoms in total. The van der Waals surface area contributed by atoms with Gasteiger partial charge in [0, 0.05) is 0 Å². The lowest BCUT2D eigenvalue weighted by molar-refractivity contribution is -0.148. The summed E-state index contributed by atoms with van der Waals surface area (Å²) < 4.78 is 0. The SMILES string of the molecule is C[C@H](O)[C@H](C(=O)O)[C@H](CCCCCC=CCCC1CCCCC1)CCc1ccccc1. The van der Waals surface area contributed by atoms with E-state index < -0.39 is 18.0 Å². The van der Waals surface area contributed by atoms with Crippen molar-refractivity contribution in [2.24, 2.45) is 17.8 Å². The van der Waals surface area contributed by atoms with Crippen LogP contribution in [0.5, 0.6) is 0 Å². The fourth-order valence-corrected chi connectivity index (χ4v) is 5.19. The number of hydrogen-bond donors (Lipinski definition) is 2. The van der Waals surface area contributed by atoms with E-state index in [-0.39, 0.29) is 5.92 Å². The first-order valence-corrected chi connectivity index (χ1v) is 12.7. The average molecular weight is 429 g/mol. The molecule has 31 heavy (non-hydrogen) atoms. The van der Waals surface area contributed by atoms with Gasteiger partial charge in [0.05, 0.1) is 12.0 Å². The van der Waals surface area contributed by atoms with Gasteiger partial charge in [0.25, 0.3) is 0 Å². The Bertz CT molecular complexity index is 616. The zero-order valence-corrected chi connectivity index (χ0v) is 19.6. The largest absolute Gasteiger partial charge is 0.481 e. The monoisotopic (exact) mass is 428 g/mol. The van der Waals surface area contributed by atoms with E-state index in [1.165, 1.54) is 50.5 Å². The number of benzene rings is 1. The summed E-state index contributed by atoms with van der Waals surface area (Å²) in [5, 5.41) is 19.7. The van der Waals surface area contributed by atoms with Crippen LogP contribution in [0, 0.1) is 17.8 Å². The third kappa shape index (κ3) is 10.5. The quantitative estimate of drug-likeness (QED) is 0.230. The van der Waals surface area contributed by atoms with Crippen LogP contribution >= 0.6 is 0 Å². The van der Waals surface area contributed by atoms with E-state index in [4.69, 9.17) is 0 Å². The Kier molecular flexibility index (Phi) is 12.6. The van der Waals surface area contributed by atoms with Gasteiger partial charge in [-0.1, -0.05) is 87.4 Å². The van der Waals surface area contributed by atoms with E-state index >= 15 is 0 Å². The van der Waals surface area contributed by atoms with E-state index in [0.29, 0.717) is 0 Å². The molecule has 0 radical (unpaired) electrons. The molecule has 1 aromatic rings. The van der Waals surface area contributed by atoms with Gasteiger partial charge in [0.1, 0.15) is 0 Å². The van der Waals surface area contributed by atoms with Crippen molar-refractivity contribution >= 4 is 5.97 Å². The molecule has 0 saturated heterocycles. The first-order valence-electron chi connectivity index (χ1n) is 12.7. The van der Waals surface area contributed by atoms with Crippen molar-refractivity contribution in [3.8, 4) is 0 Å². The second kappa shape index (κ2) is 15.2. The molecule has 174 valence electrons. The highest BCUT2D eigenvalue weighted by Crippen LogP contribution is 2.29. The summed E-state index contributed by atoms with van der Waals surface area (Å²) in [7, 11) is 0. The van der Waals surface area contributed by atoms with Gasteiger partial charge in [-0.3, -0.25) is 4.79 Å². The van der Waals surface area contributed by atoms with Crippen molar-refractivity contribution in [3.05, 3.63) is 48.0 Å². The molecule has 1 aliphatic carbocycles. The normalized spacial score (nSPS) is 18.1. The van der Waals surface area contributed by atoms with Crippen molar-refractivity contribution in [2.45, 2.75) is 103 Å². The Morgan fingerprint density at radius 3 is 2.39 bits per heavy atom. The third-order valence-corrected chi connectivity index (χ3v) is 7.04. The highest BCUT2D eigenvalue weighted by atomic mass is 16.4. The van der Waals surface area contributed by atoms with E-state index in [1.54, 1.807) is 6.92 Å². The lowest BCUT2D eigenvalue weighted by Crippen LogP contribution is -2.33. The summed E-state index contributed by atoms with van der Waals surface area (Å²) in [4.78, 5) is 11.8. The van der Waals surface area contributed by atoms with E-state index in [9.17, 15) is 15.0 Å². The highest BCUT2D eigenvalue weighted by Gasteiger charge is 2.31. The van der Waals surface area contributed by atoms with Crippen molar-refractivity contribution in [1.82, 2.24) is 0 Å². The molecule has 2 rings (SSSR count). The zero-order chi connectivity index (χ0) is 22.3. The van der Waals surface area contributed by atoms with Crippen LogP contribution < -0.4 is 0 Å². The van der Waals surface area contributed by atoms with Crippen molar-refractivity contribution < 1.29 is 15.0 Å². The number of hydrogen-bond acceptors (Lipinski definition) is 2. The highest BCUT2D eigenvalue weighted by molar-refractivity contribution is 5.71. The molecule has 0 amide bonds. The van der Waals surface area contributed by atoms with Gasteiger partial charge in [0.2, 0.25) is 0 Å². The maximum Gasteiger partial charge on any atom is 0.309 e. The molecule has 0 bridgehead atoms. The lowest BCUT2D eigenvalue weighted by Gasteiger charge is -2.26. The van der Waals surface area contributed by atoms with Gasteiger partial charge in [0.15, 0.2) is 0 Å². The summed E-state index contributed by atoms with van der Waals surface area (Å²) in [6, 6.07) is 10.2. The zero-order valence-electron chi connectivity index (χ0n) is 19.6. The molecule has 0 unspecified atom stereocenters. The number of aryl methyl sites for hydroxylation is 1. The average Bonchev–Trinajstić information content (AvgIpc) is 2.77. The molecular weight excluding hydrogens is 384 g/mol. The summed E-state index contributed by atoms with van der Waals surface area (Å²) in [5.74, 6) is -0.566. The molecule has 2 N–H and O–H groups in total. The Hall–Kier alpha value is -1.61. The summed E-state index contributed by atoms with van der Waals surface area (Å²) in [6.07, 6.45) is 20.6. The van der Waals surface area contributed by atoms with Gasteiger partial charge < -0.3 is 10.2 Å². The predicted molar refractivity (Wildman–Crippen MR) is 129 cm³/mol. The molecule has 3 heteroatoms. The smallest absolute Gasteiger partial charge is 0.309 e. The van der Waals surface area contributed by atoms with Crippen LogP contribution in [0.1, 0.15) is 96.0 Å². The van der Waals surface area contributed by atoms with E-state index in [2.05, 4.69) is 24.3 Å². The molecular formula is C28H44O3. The minimum absolute atomic E-state index is 0.0174. The molecule has 0 heterocycles. The number of carbonyl (C=O) groups is 1. The second-order valence-corrected chi connectivity index (χ2v) is 9.58. The fourth-order valence-electron chi connectivity index (χ4n) is 5.19. The van der Waals surface area contributed by atoms with Gasteiger partial charge in [-0.25, -0.2) is 0 Å². The third-order valence-electron chi connectivity index (χ3n) is 7.04. The van der Waals surface area contributed by atoms with Crippen LogP contribution in [0.4, 0.5) is 0 Å². The minimum Gasteiger partial charge on any atom is -0.481 e. The first kappa shape index (κ1) is 25.6. The summed E-state index contributed by atoms with van der Waals surface area (Å²) in [5.41, 5.74) is 1.24. The lowest BCUT2D eigenvalue weighted by atomic mass is 9.80. The van der Waals surface area contributed by atoms with E-state index in [1.807, 2.05) is 18.2 Å². The number of rotatable bonds is 15. The standard InChI is InChI=1S/C28H44O3/c1-23(29)27(28(30)31)26(22-21-25-18-12-8-13-19-25)20-14-6-4-2-3-5-9-15-24-16-10-7-11-17-24/h3,5,8,12-13,18-19,23-24,26-27,29H,2,4,6-7,9-11,14-17,20-22H2,1H3,(H,30,31)/t23-,26+,27-/m0/s1. The molecule has 0 aromatic heterocycles. The van der Waals surface area contributed by atoms with Crippen LogP contribution in [0.3, 0.4) is 0 Å². The maximum absolute atomic E-state index is 11.8. The van der Waals surface area contributed by atoms with Crippen molar-refractivity contribution in [3.63, 3.8) is 0 Å². The van der Waals surface area contributed by atoms with Crippen molar-refractivity contribution in [1.29, 1.82) is 0 Å². The van der Waals surface area contributed by atoms with Crippen LogP contribution in [0.25, 0.3) is 0 Å². The molecule has 0 spiro atoms. The number of carboxylic acids is 1. The Balaban J connectivity index is 1.67. The van der Waals surface area contributed by atoms with Crippen LogP contribution in [-0.4, -0.2) is 22.3 Å². The number of unbranched alkanes of at least 4 members (excludes halogenated alkanes) is 3. The summed E-state index contributed by atoms with van der Waals surface area (Å²) >= 11 is 0. The van der Waals surface area contributed by atoms with Crippen LogP contribution in [0.15, 0.2) is 42.5 Å². The number of aliphatic carboxylic acids is 1. The molecule has 1 saturated carbocycles. The van der Waals surface area contributed by atoms with Crippen LogP contribution in [0.2, 0.25) is 0 Å². The maximum atomic E-state index is 11.8. The predicted octanol–water partition coefficient (Wildman–Crippen LogP) is 7.18. The van der Waals surface area contributed by atoms with Gasteiger partial charge >= 0.3 is 5.97 Å². The second-order valence-electron chi connectivity index (χ2n) is 9.58. The van der Waals surface area contributed by atoms with Crippen LogP contribution in [-0.2, 0) is 11.2 Å². The Morgan fingerprint density at radius 2 is 1.71 bits per heavy atom. The number of aliphatic hydroxyl groups excluding tert-OH is 1. The van der Waals surface area contributed by atoms with Crippen molar-refractivity contribution in [2.75, 3.05) is 0 Å². The summed E-state index contributed by atoms with van der Waals surface area (Å²) in [6.45, 7) is 1.62. The number of allylic oxidation sites excluding steroid dienone is 2. The van der Waals surface area contributed by atoms with Gasteiger partial charge in [-0.15, -0.1) is 0 Å². The van der Waals surface area contributed by atoms with Gasteiger partial charge in [-0.05, 0) is 69.3 Å².